The van der Waals surface area contributed by atoms with Crippen molar-refractivity contribution in [2.45, 2.75) is 51.5 Å². The Morgan fingerprint density at radius 3 is 2.33 bits per heavy atom. The fraction of sp³-hybridized carbons (Fsp3) is 0.667. The van der Waals surface area contributed by atoms with Crippen molar-refractivity contribution in [3.8, 4) is 0 Å². The number of aromatic nitrogens is 1. The molecule has 2 aliphatic carbocycles. The standard InChI is InChI=1S/C15H21ClN2/c1-10-8-13(15(16)17-9-10)18-14(11-4-2-5-11)12-6-3-7-12/h8-9,11-12,14,18H,2-7H2,1H3. The van der Waals surface area contributed by atoms with Crippen molar-refractivity contribution in [3.05, 3.63) is 23.0 Å². The van der Waals surface area contributed by atoms with E-state index in [2.05, 4.69) is 23.3 Å². The van der Waals surface area contributed by atoms with Crippen LogP contribution in [0.4, 0.5) is 5.69 Å². The number of halogens is 1. The molecule has 1 heterocycles. The molecule has 0 aliphatic heterocycles. The molecule has 18 heavy (non-hydrogen) atoms. The monoisotopic (exact) mass is 264 g/mol. The van der Waals surface area contributed by atoms with E-state index in [1.165, 1.54) is 44.1 Å². The molecule has 0 spiro atoms. The molecule has 0 atom stereocenters. The molecule has 2 fully saturated rings. The first-order valence-electron chi connectivity index (χ1n) is 7.13. The first-order valence-corrected chi connectivity index (χ1v) is 7.50. The van der Waals surface area contributed by atoms with Gasteiger partial charge >= 0.3 is 0 Å². The van der Waals surface area contributed by atoms with E-state index in [4.69, 9.17) is 11.6 Å². The van der Waals surface area contributed by atoms with Gasteiger partial charge < -0.3 is 5.32 Å². The summed E-state index contributed by atoms with van der Waals surface area (Å²) in [5, 5.41) is 4.31. The van der Waals surface area contributed by atoms with E-state index in [0.717, 1.165) is 17.5 Å². The van der Waals surface area contributed by atoms with E-state index in [-0.39, 0.29) is 0 Å². The van der Waals surface area contributed by atoms with Crippen molar-refractivity contribution in [3.63, 3.8) is 0 Å². The van der Waals surface area contributed by atoms with Crippen LogP contribution in [-0.4, -0.2) is 11.0 Å². The second-order valence-corrected chi connectivity index (χ2v) is 6.26. The van der Waals surface area contributed by atoms with Crippen molar-refractivity contribution < 1.29 is 0 Å². The zero-order valence-electron chi connectivity index (χ0n) is 11.0. The zero-order chi connectivity index (χ0) is 12.5. The molecule has 3 heteroatoms. The first kappa shape index (κ1) is 12.3. The molecule has 0 bridgehead atoms. The maximum Gasteiger partial charge on any atom is 0.152 e. The van der Waals surface area contributed by atoms with Crippen molar-refractivity contribution >= 4 is 17.3 Å². The highest BCUT2D eigenvalue weighted by Crippen LogP contribution is 2.42. The molecule has 0 aromatic carbocycles. The minimum atomic E-state index is 0.615. The molecule has 2 aliphatic rings. The van der Waals surface area contributed by atoms with Crippen molar-refractivity contribution in [1.82, 2.24) is 4.98 Å². The number of aryl methyl sites for hydroxylation is 1. The predicted octanol–water partition coefficient (Wildman–Crippen LogP) is 4.42. The third-order valence-electron chi connectivity index (χ3n) is 4.61. The highest BCUT2D eigenvalue weighted by atomic mass is 35.5. The van der Waals surface area contributed by atoms with Crippen molar-refractivity contribution in [1.29, 1.82) is 0 Å². The Hall–Kier alpha value is -0.760. The number of hydrogen-bond acceptors (Lipinski definition) is 2. The van der Waals surface area contributed by atoms with Gasteiger partial charge in [0.15, 0.2) is 5.15 Å². The quantitative estimate of drug-likeness (QED) is 0.814. The predicted molar refractivity (Wildman–Crippen MR) is 76.1 cm³/mol. The molecule has 1 N–H and O–H groups in total. The number of hydrogen-bond donors (Lipinski definition) is 1. The van der Waals surface area contributed by atoms with Crippen LogP contribution in [0, 0.1) is 18.8 Å². The van der Waals surface area contributed by atoms with Gasteiger partial charge in [0.05, 0.1) is 5.69 Å². The van der Waals surface area contributed by atoms with Gasteiger partial charge in [0, 0.05) is 12.2 Å². The highest BCUT2D eigenvalue weighted by Gasteiger charge is 2.36. The summed E-state index contributed by atoms with van der Waals surface area (Å²) >= 11 is 6.20. The summed E-state index contributed by atoms with van der Waals surface area (Å²) in [6.07, 6.45) is 10.1. The normalized spacial score (nSPS) is 20.6. The summed E-state index contributed by atoms with van der Waals surface area (Å²) in [4.78, 5) is 4.24. The number of rotatable bonds is 4. The van der Waals surface area contributed by atoms with Crippen LogP contribution in [0.2, 0.25) is 5.15 Å². The van der Waals surface area contributed by atoms with E-state index < -0.39 is 0 Å². The summed E-state index contributed by atoms with van der Waals surface area (Å²) in [5.41, 5.74) is 2.20. The van der Waals surface area contributed by atoms with E-state index in [1.54, 1.807) is 0 Å². The molecule has 0 saturated heterocycles. The van der Waals surface area contributed by atoms with Gasteiger partial charge in [0.1, 0.15) is 0 Å². The van der Waals surface area contributed by atoms with Gasteiger partial charge in [-0.2, -0.15) is 0 Å². The lowest BCUT2D eigenvalue weighted by molar-refractivity contribution is 0.166. The molecular formula is C15H21ClN2. The molecular weight excluding hydrogens is 244 g/mol. The van der Waals surface area contributed by atoms with Crippen LogP contribution in [0.3, 0.4) is 0 Å². The van der Waals surface area contributed by atoms with Crippen LogP contribution < -0.4 is 5.32 Å². The van der Waals surface area contributed by atoms with E-state index in [0.29, 0.717) is 11.2 Å². The average Bonchev–Trinajstić information content (AvgIpc) is 2.18. The van der Waals surface area contributed by atoms with Crippen LogP contribution in [0.1, 0.15) is 44.1 Å². The van der Waals surface area contributed by atoms with Gasteiger partial charge in [-0.1, -0.05) is 24.4 Å². The van der Waals surface area contributed by atoms with Crippen LogP contribution in [0.15, 0.2) is 12.3 Å². The molecule has 1 aromatic rings. The lowest BCUT2D eigenvalue weighted by atomic mass is 9.68. The van der Waals surface area contributed by atoms with E-state index in [9.17, 15) is 0 Å². The molecule has 2 nitrogen and oxygen atoms in total. The molecule has 2 saturated carbocycles. The summed E-state index contributed by atoms with van der Waals surface area (Å²) in [6, 6.07) is 2.74. The third kappa shape index (κ3) is 2.35. The summed E-state index contributed by atoms with van der Waals surface area (Å²) < 4.78 is 0. The lowest BCUT2D eigenvalue weighted by Gasteiger charge is -2.43. The number of pyridine rings is 1. The topological polar surface area (TPSA) is 24.9 Å². The minimum absolute atomic E-state index is 0.615. The molecule has 0 radical (unpaired) electrons. The zero-order valence-corrected chi connectivity index (χ0v) is 11.7. The van der Waals surface area contributed by atoms with Gasteiger partial charge in [0.2, 0.25) is 0 Å². The van der Waals surface area contributed by atoms with Crippen LogP contribution in [-0.2, 0) is 0 Å². The molecule has 1 aromatic heterocycles. The van der Waals surface area contributed by atoms with E-state index >= 15 is 0 Å². The fourth-order valence-electron chi connectivity index (χ4n) is 3.05. The summed E-state index contributed by atoms with van der Waals surface area (Å²) in [5.74, 6) is 1.71. The Bertz CT molecular complexity index is 411. The van der Waals surface area contributed by atoms with E-state index in [1.807, 2.05) is 6.20 Å². The second kappa shape index (κ2) is 5.08. The Morgan fingerprint density at radius 1 is 1.22 bits per heavy atom. The summed E-state index contributed by atoms with van der Waals surface area (Å²) in [7, 11) is 0. The first-order chi connectivity index (χ1) is 8.74. The molecule has 98 valence electrons. The second-order valence-electron chi connectivity index (χ2n) is 5.90. The Labute approximate surface area is 114 Å². The van der Waals surface area contributed by atoms with Crippen LogP contribution in [0.5, 0.6) is 0 Å². The van der Waals surface area contributed by atoms with Gasteiger partial charge in [-0.15, -0.1) is 0 Å². The Morgan fingerprint density at radius 2 is 1.83 bits per heavy atom. The van der Waals surface area contributed by atoms with Gasteiger partial charge in [-0.25, -0.2) is 4.98 Å². The SMILES string of the molecule is Cc1cnc(Cl)c(NC(C2CCC2)C2CCC2)c1. The summed E-state index contributed by atoms with van der Waals surface area (Å²) in [6.45, 7) is 2.07. The number of nitrogens with one attached hydrogen (secondary N) is 1. The van der Waals surface area contributed by atoms with Gasteiger partial charge in [0.25, 0.3) is 0 Å². The number of anilines is 1. The van der Waals surface area contributed by atoms with Gasteiger partial charge in [-0.05, 0) is 56.1 Å². The third-order valence-corrected chi connectivity index (χ3v) is 4.91. The maximum atomic E-state index is 6.20. The minimum Gasteiger partial charge on any atom is -0.379 e. The largest absolute Gasteiger partial charge is 0.379 e. The van der Waals surface area contributed by atoms with Crippen molar-refractivity contribution in [2.24, 2.45) is 11.8 Å². The lowest BCUT2D eigenvalue weighted by Crippen LogP contribution is -2.42. The fourth-order valence-corrected chi connectivity index (χ4v) is 3.21. The molecule has 3 rings (SSSR count). The number of nitrogens with zero attached hydrogens (tertiary/aromatic N) is 1. The Kier molecular flexibility index (Phi) is 3.47. The van der Waals surface area contributed by atoms with Gasteiger partial charge in [-0.3, -0.25) is 0 Å². The average molecular weight is 265 g/mol. The highest BCUT2D eigenvalue weighted by molar-refractivity contribution is 6.32. The molecule has 0 amide bonds. The maximum absolute atomic E-state index is 6.20. The van der Waals surface area contributed by atoms with Crippen molar-refractivity contribution in [2.75, 3.05) is 5.32 Å². The van der Waals surface area contributed by atoms with Crippen LogP contribution >= 0.6 is 11.6 Å². The molecule has 0 unspecified atom stereocenters. The Balaban J connectivity index is 1.76. The smallest absolute Gasteiger partial charge is 0.152 e. The van der Waals surface area contributed by atoms with Crippen LogP contribution in [0.25, 0.3) is 0 Å².